The second-order valence-electron chi connectivity index (χ2n) is 4.97. The number of nitrogens with two attached hydrogens (primary N) is 1. The smallest absolute Gasteiger partial charge is 0.243 e. The molecule has 0 saturated carbocycles. The van der Waals surface area contributed by atoms with Gasteiger partial charge in [0.25, 0.3) is 0 Å². The zero-order valence-electron chi connectivity index (χ0n) is 12.1. The molecule has 0 spiro atoms. The van der Waals surface area contributed by atoms with Crippen LogP contribution in [0.5, 0.6) is 11.6 Å². The number of thiazole rings is 1. The van der Waals surface area contributed by atoms with Crippen molar-refractivity contribution in [1.82, 2.24) is 9.38 Å². The number of ether oxygens (including phenoxy) is 1. The summed E-state index contributed by atoms with van der Waals surface area (Å²) in [7, 11) is 0. The summed E-state index contributed by atoms with van der Waals surface area (Å²) in [6, 6.07) is 8.23. The average molecular weight is 301 g/mol. The molecule has 0 atom stereocenters. The van der Waals surface area contributed by atoms with Gasteiger partial charge >= 0.3 is 0 Å². The van der Waals surface area contributed by atoms with E-state index in [4.69, 9.17) is 10.5 Å². The molecule has 110 valence electrons. The number of unbranched alkanes of at least 4 members (excludes halogenated alkanes) is 1. The predicted molar refractivity (Wildman–Crippen MR) is 86.1 cm³/mol. The van der Waals surface area contributed by atoms with E-state index < -0.39 is 0 Å². The highest BCUT2D eigenvalue weighted by molar-refractivity contribution is 7.15. The Balaban J connectivity index is 1.79. The number of fused-ring (bicyclic) bond motifs is 1. The first kappa shape index (κ1) is 14.1. The number of aryl methyl sites for hydroxylation is 1. The Bertz CT molecular complexity index is 715. The molecule has 4 nitrogen and oxygen atoms in total. The van der Waals surface area contributed by atoms with E-state index in [-0.39, 0.29) is 0 Å². The molecular formula is C16H19N3OS. The van der Waals surface area contributed by atoms with Crippen molar-refractivity contribution < 1.29 is 4.74 Å². The van der Waals surface area contributed by atoms with Gasteiger partial charge in [0.15, 0.2) is 4.96 Å². The quantitative estimate of drug-likeness (QED) is 0.749. The molecule has 0 fully saturated rings. The lowest BCUT2D eigenvalue weighted by Crippen LogP contribution is -2.01. The topological polar surface area (TPSA) is 52.5 Å². The van der Waals surface area contributed by atoms with E-state index in [0.29, 0.717) is 12.4 Å². The van der Waals surface area contributed by atoms with Crippen molar-refractivity contribution in [3.05, 3.63) is 47.1 Å². The molecule has 3 rings (SSSR count). The molecule has 2 heterocycles. The molecule has 0 unspecified atom stereocenters. The Labute approximate surface area is 128 Å². The first-order valence-electron chi connectivity index (χ1n) is 7.23. The molecule has 21 heavy (non-hydrogen) atoms. The van der Waals surface area contributed by atoms with Crippen LogP contribution in [0.1, 0.15) is 31.0 Å². The van der Waals surface area contributed by atoms with Crippen molar-refractivity contribution >= 4 is 16.3 Å². The minimum absolute atomic E-state index is 0.405. The summed E-state index contributed by atoms with van der Waals surface area (Å²) in [6.07, 6.45) is 5.51. The van der Waals surface area contributed by atoms with Gasteiger partial charge in [-0.2, -0.15) is 4.98 Å². The Morgan fingerprint density at radius 3 is 2.81 bits per heavy atom. The fourth-order valence-electron chi connectivity index (χ4n) is 2.30. The predicted octanol–water partition coefficient (Wildman–Crippen LogP) is 3.99. The first-order valence-corrected chi connectivity index (χ1v) is 8.11. The van der Waals surface area contributed by atoms with Crippen LogP contribution in [-0.2, 0) is 13.0 Å². The summed E-state index contributed by atoms with van der Waals surface area (Å²) in [6.45, 7) is 2.61. The highest BCUT2D eigenvalue weighted by Crippen LogP contribution is 2.27. The highest BCUT2D eigenvalue weighted by atomic mass is 32.1. The van der Waals surface area contributed by atoms with Crippen LogP contribution in [0.2, 0.25) is 0 Å². The molecule has 3 aromatic rings. The van der Waals surface area contributed by atoms with Crippen LogP contribution in [0.4, 0.5) is 0 Å². The number of hydrogen-bond acceptors (Lipinski definition) is 4. The second kappa shape index (κ2) is 6.28. The maximum Gasteiger partial charge on any atom is 0.243 e. The van der Waals surface area contributed by atoms with Crippen molar-refractivity contribution in [3.8, 4) is 11.6 Å². The Kier molecular flexibility index (Phi) is 4.22. The highest BCUT2D eigenvalue weighted by Gasteiger charge is 2.13. The first-order chi connectivity index (χ1) is 10.3. The average Bonchev–Trinajstić information content (AvgIpc) is 3.07. The van der Waals surface area contributed by atoms with E-state index in [1.807, 2.05) is 28.1 Å². The van der Waals surface area contributed by atoms with E-state index in [9.17, 15) is 0 Å². The third-order valence-corrected chi connectivity index (χ3v) is 4.23. The van der Waals surface area contributed by atoms with E-state index in [2.05, 4.69) is 24.0 Å². The lowest BCUT2D eigenvalue weighted by atomic mass is 10.1. The standard InChI is InChI=1S/C16H19N3OS/c1-2-3-4-12-5-7-13(8-6-12)20-15-14(11-17)19-9-10-21-16(19)18-15/h5-10H,2-4,11,17H2,1H3. The van der Waals surface area contributed by atoms with E-state index in [1.54, 1.807) is 11.3 Å². The summed E-state index contributed by atoms with van der Waals surface area (Å²) >= 11 is 1.58. The number of imidazole rings is 1. The number of aromatic nitrogens is 2. The van der Waals surface area contributed by atoms with Gasteiger partial charge in [0.05, 0.1) is 0 Å². The summed E-state index contributed by atoms with van der Waals surface area (Å²) in [4.78, 5) is 5.40. The zero-order chi connectivity index (χ0) is 14.7. The van der Waals surface area contributed by atoms with Crippen LogP contribution in [0, 0.1) is 0 Å². The van der Waals surface area contributed by atoms with E-state index in [1.165, 1.54) is 18.4 Å². The van der Waals surface area contributed by atoms with Crippen LogP contribution in [0.3, 0.4) is 0 Å². The zero-order valence-corrected chi connectivity index (χ0v) is 12.9. The van der Waals surface area contributed by atoms with Crippen molar-refractivity contribution in [1.29, 1.82) is 0 Å². The summed E-state index contributed by atoms with van der Waals surface area (Å²) in [5, 5.41) is 1.99. The van der Waals surface area contributed by atoms with Crippen molar-refractivity contribution in [3.63, 3.8) is 0 Å². The Morgan fingerprint density at radius 2 is 2.10 bits per heavy atom. The number of hydrogen-bond donors (Lipinski definition) is 1. The molecule has 2 N–H and O–H groups in total. The molecule has 0 bridgehead atoms. The molecule has 0 radical (unpaired) electrons. The third-order valence-electron chi connectivity index (χ3n) is 3.47. The second-order valence-corrected chi connectivity index (χ2v) is 5.85. The molecule has 1 aromatic carbocycles. The Morgan fingerprint density at radius 1 is 1.29 bits per heavy atom. The minimum Gasteiger partial charge on any atom is -0.437 e. The minimum atomic E-state index is 0.405. The molecule has 5 heteroatoms. The van der Waals surface area contributed by atoms with Gasteiger partial charge in [-0.15, -0.1) is 11.3 Å². The monoisotopic (exact) mass is 301 g/mol. The van der Waals surface area contributed by atoms with Gasteiger partial charge in [0.2, 0.25) is 5.88 Å². The molecule has 0 aliphatic rings. The van der Waals surface area contributed by atoms with Gasteiger partial charge in [-0.1, -0.05) is 25.5 Å². The fraction of sp³-hybridized carbons (Fsp3) is 0.312. The SMILES string of the molecule is CCCCc1ccc(Oc2nc3sccn3c2CN)cc1. The molecular weight excluding hydrogens is 282 g/mol. The number of benzene rings is 1. The van der Waals surface area contributed by atoms with Crippen LogP contribution >= 0.6 is 11.3 Å². The maximum absolute atomic E-state index is 5.90. The van der Waals surface area contributed by atoms with Gasteiger partial charge < -0.3 is 10.5 Å². The fourth-order valence-corrected chi connectivity index (χ4v) is 3.02. The van der Waals surface area contributed by atoms with Gasteiger partial charge in [0, 0.05) is 18.1 Å². The molecule has 0 aliphatic heterocycles. The Hall–Kier alpha value is -1.85. The number of rotatable bonds is 6. The van der Waals surface area contributed by atoms with Crippen LogP contribution in [-0.4, -0.2) is 9.38 Å². The van der Waals surface area contributed by atoms with Gasteiger partial charge in [-0.25, -0.2) is 0 Å². The van der Waals surface area contributed by atoms with E-state index in [0.717, 1.165) is 22.8 Å². The van der Waals surface area contributed by atoms with Crippen LogP contribution in [0.15, 0.2) is 35.8 Å². The summed E-state index contributed by atoms with van der Waals surface area (Å²) < 4.78 is 7.88. The normalized spacial score (nSPS) is 11.1. The largest absolute Gasteiger partial charge is 0.437 e. The lowest BCUT2D eigenvalue weighted by Gasteiger charge is -2.06. The van der Waals surface area contributed by atoms with Crippen LogP contribution < -0.4 is 10.5 Å². The molecule has 0 saturated heterocycles. The van der Waals surface area contributed by atoms with E-state index >= 15 is 0 Å². The van der Waals surface area contributed by atoms with Gasteiger partial charge in [0.1, 0.15) is 11.4 Å². The van der Waals surface area contributed by atoms with Crippen molar-refractivity contribution in [2.45, 2.75) is 32.7 Å². The summed E-state index contributed by atoms with van der Waals surface area (Å²) in [5.74, 6) is 1.40. The van der Waals surface area contributed by atoms with Gasteiger partial charge in [-0.3, -0.25) is 4.40 Å². The lowest BCUT2D eigenvalue weighted by molar-refractivity contribution is 0.459. The van der Waals surface area contributed by atoms with Crippen LogP contribution in [0.25, 0.3) is 4.96 Å². The molecule has 0 amide bonds. The number of nitrogens with zero attached hydrogens (tertiary/aromatic N) is 2. The molecule has 0 aliphatic carbocycles. The van der Waals surface area contributed by atoms with Gasteiger partial charge in [-0.05, 0) is 30.5 Å². The van der Waals surface area contributed by atoms with Crippen molar-refractivity contribution in [2.24, 2.45) is 5.73 Å². The summed E-state index contributed by atoms with van der Waals surface area (Å²) in [5.41, 5.74) is 8.06. The maximum atomic E-state index is 5.90. The van der Waals surface area contributed by atoms with Crippen molar-refractivity contribution in [2.75, 3.05) is 0 Å². The molecule has 2 aromatic heterocycles. The third kappa shape index (κ3) is 2.94.